The van der Waals surface area contributed by atoms with E-state index in [1.54, 1.807) is 0 Å². The van der Waals surface area contributed by atoms with Crippen LogP contribution in [0.2, 0.25) is 0 Å². The van der Waals surface area contributed by atoms with Crippen molar-refractivity contribution in [3.05, 3.63) is 40.1 Å². The number of benzene rings is 1. The second-order valence-electron chi connectivity index (χ2n) is 7.51. The number of hydrogen-bond donors (Lipinski definition) is 1. The second kappa shape index (κ2) is 8.34. The summed E-state index contributed by atoms with van der Waals surface area (Å²) in [5.74, 6) is -0.0286. The Morgan fingerprint density at radius 2 is 1.86 bits per heavy atom. The van der Waals surface area contributed by atoms with Crippen molar-refractivity contribution < 1.29 is 14.0 Å². The predicted molar refractivity (Wildman–Crippen MR) is 105 cm³/mol. The maximum absolute atomic E-state index is 13.0. The smallest absolute Gasteiger partial charge is 0.286 e. The summed E-state index contributed by atoms with van der Waals surface area (Å²) in [6, 6.07) is 5.48. The summed E-state index contributed by atoms with van der Waals surface area (Å²) in [6.45, 7) is 0.743. The SMILES string of the molecule is O=C(Nc1ccc(F)cc1)c1nnc([C@H]2CCCN2C(=O)CC2CCCC2)s1. The molecule has 2 fully saturated rings. The van der Waals surface area contributed by atoms with Crippen LogP contribution in [0.1, 0.15) is 65.8 Å². The molecule has 1 N–H and O–H groups in total. The number of aromatic nitrogens is 2. The minimum absolute atomic E-state index is 0.0845. The third kappa shape index (κ3) is 4.22. The maximum Gasteiger partial charge on any atom is 0.286 e. The molecule has 1 aliphatic heterocycles. The van der Waals surface area contributed by atoms with E-state index in [9.17, 15) is 14.0 Å². The number of carbonyl (C=O) groups is 2. The van der Waals surface area contributed by atoms with Crippen LogP contribution in [0.3, 0.4) is 0 Å². The highest BCUT2D eigenvalue weighted by Gasteiger charge is 2.34. The largest absolute Gasteiger partial charge is 0.333 e. The van der Waals surface area contributed by atoms with Gasteiger partial charge in [-0.05, 0) is 55.9 Å². The molecule has 4 rings (SSSR count). The molecule has 28 heavy (non-hydrogen) atoms. The van der Waals surface area contributed by atoms with Gasteiger partial charge in [-0.1, -0.05) is 24.2 Å². The van der Waals surface area contributed by atoms with E-state index in [2.05, 4.69) is 15.5 Å². The van der Waals surface area contributed by atoms with Crippen LogP contribution < -0.4 is 5.32 Å². The first-order valence-corrected chi connectivity index (χ1v) is 10.6. The number of halogens is 1. The maximum atomic E-state index is 13.0. The molecule has 2 amide bonds. The highest BCUT2D eigenvalue weighted by atomic mass is 32.1. The molecule has 0 spiro atoms. The van der Waals surface area contributed by atoms with Crippen molar-refractivity contribution in [1.82, 2.24) is 15.1 Å². The van der Waals surface area contributed by atoms with Crippen molar-refractivity contribution in [2.75, 3.05) is 11.9 Å². The predicted octanol–water partition coefficient (Wildman–Crippen LogP) is 4.17. The molecule has 1 atom stereocenters. The third-order valence-corrected chi connectivity index (χ3v) is 6.56. The molecule has 2 heterocycles. The van der Waals surface area contributed by atoms with Gasteiger partial charge in [0.2, 0.25) is 10.9 Å². The summed E-state index contributed by atoms with van der Waals surface area (Å²) < 4.78 is 13.0. The average molecular weight is 402 g/mol. The number of amides is 2. The van der Waals surface area contributed by atoms with Crippen molar-refractivity contribution in [3.8, 4) is 0 Å². The summed E-state index contributed by atoms with van der Waals surface area (Å²) >= 11 is 1.22. The number of hydrogen-bond acceptors (Lipinski definition) is 5. The number of rotatable bonds is 5. The fourth-order valence-corrected chi connectivity index (χ4v) is 4.97. The Hall–Kier alpha value is -2.35. The molecule has 1 saturated carbocycles. The van der Waals surface area contributed by atoms with Crippen LogP contribution >= 0.6 is 11.3 Å². The Morgan fingerprint density at radius 3 is 2.61 bits per heavy atom. The minimum atomic E-state index is -0.378. The van der Waals surface area contributed by atoms with Gasteiger partial charge < -0.3 is 10.2 Å². The lowest BCUT2D eigenvalue weighted by Crippen LogP contribution is -2.31. The lowest BCUT2D eigenvalue weighted by Gasteiger charge is -2.24. The number of carbonyl (C=O) groups excluding carboxylic acids is 2. The molecule has 148 valence electrons. The van der Waals surface area contributed by atoms with Gasteiger partial charge in [-0.2, -0.15) is 0 Å². The topological polar surface area (TPSA) is 75.2 Å². The highest BCUT2D eigenvalue weighted by molar-refractivity contribution is 7.13. The molecular formula is C20H23FN4O2S. The summed E-state index contributed by atoms with van der Waals surface area (Å²) in [5.41, 5.74) is 0.498. The third-order valence-electron chi connectivity index (χ3n) is 5.53. The van der Waals surface area contributed by atoms with Gasteiger partial charge in [0.05, 0.1) is 6.04 Å². The number of anilines is 1. The zero-order valence-corrected chi connectivity index (χ0v) is 16.4. The van der Waals surface area contributed by atoms with Gasteiger partial charge >= 0.3 is 0 Å². The molecule has 0 bridgehead atoms. The Bertz CT molecular complexity index is 848. The van der Waals surface area contributed by atoms with Crippen LogP contribution in [0, 0.1) is 11.7 Å². The van der Waals surface area contributed by atoms with Gasteiger partial charge in [-0.3, -0.25) is 9.59 Å². The van der Waals surface area contributed by atoms with E-state index < -0.39 is 0 Å². The lowest BCUT2D eigenvalue weighted by molar-refractivity contribution is -0.133. The quantitative estimate of drug-likeness (QED) is 0.814. The van der Waals surface area contributed by atoms with Gasteiger partial charge in [0, 0.05) is 18.7 Å². The Balaban J connectivity index is 1.41. The Morgan fingerprint density at radius 1 is 1.11 bits per heavy atom. The van der Waals surface area contributed by atoms with Gasteiger partial charge in [-0.15, -0.1) is 10.2 Å². The van der Waals surface area contributed by atoms with E-state index in [4.69, 9.17) is 0 Å². The molecule has 2 aromatic rings. The van der Waals surface area contributed by atoms with Crippen molar-refractivity contribution in [1.29, 1.82) is 0 Å². The number of nitrogens with one attached hydrogen (secondary N) is 1. The van der Waals surface area contributed by atoms with Crippen LogP contribution in [0.4, 0.5) is 10.1 Å². The van der Waals surface area contributed by atoms with E-state index in [1.807, 2.05) is 4.90 Å². The Kier molecular flexibility index (Phi) is 5.66. The van der Waals surface area contributed by atoms with Gasteiger partial charge in [0.15, 0.2) is 0 Å². The molecular weight excluding hydrogens is 379 g/mol. The van der Waals surface area contributed by atoms with Crippen molar-refractivity contribution in [3.63, 3.8) is 0 Å². The van der Waals surface area contributed by atoms with E-state index in [0.717, 1.165) is 32.2 Å². The van der Waals surface area contributed by atoms with Gasteiger partial charge in [0.1, 0.15) is 10.8 Å². The lowest BCUT2D eigenvalue weighted by atomic mass is 10.0. The summed E-state index contributed by atoms with van der Waals surface area (Å²) in [5, 5.41) is 11.9. The van der Waals surface area contributed by atoms with Crippen LogP contribution in [0.15, 0.2) is 24.3 Å². The van der Waals surface area contributed by atoms with E-state index in [-0.39, 0.29) is 28.7 Å². The molecule has 6 nitrogen and oxygen atoms in total. The van der Waals surface area contributed by atoms with Gasteiger partial charge in [0.25, 0.3) is 5.91 Å². The monoisotopic (exact) mass is 402 g/mol. The van der Waals surface area contributed by atoms with Crippen LogP contribution in [-0.4, -0.2) is 33.5 Å². The number of nitrogens with zero attached hydrogens (tertiary/aromatic N) is 3. The molecule has 2 aliphatic rings. The average Bonchev–Trinajstić information content (AvgIpc) is 3.44. The van der Waals surface area contributed by atoms with Crippen molar-refractivity contribution in [2.45, 2.75) is 51.0 Å². The first kappa shape index (κ1) is 19.0. The second-order valence-corrected chi connectivity index (χ2v) is 8.52. The van der Waals surface area contributed by atoms with Crippen LogP contribution in [0.5, 0.6) is 0 Å². The Labute approximate surface area is 167 Å². The molecule has 0 unspecified atom stereocenters. The number of likely N-dealkylation sites (tertiary alicyclic amines) is 1. The zero-order valence-electron chi connectivity index (χ0n) is 15.6. The summed E-state index contributed by atoms with van der Waals surface area (Å²) in [6.07, 6.45) is 7.16. The zero-order chi connectivity index (χ0) is 19.5. The summed E-state index contributed by atoms with van der Waals surface area (Å²) in [4.78, 5) is 27.1. The minimum Gasteiger partial charge on any atom is -0.333 e. The molecule has 1 saturated heterocycles. The summed E-state index contributed by atoms with van der Waals surface area (Å²) in [7, 11) is 0. The van der Waals surface area contributed by atoms with E-state index in [1.165, 1.54) is 48.4 Å². The molecule has 1 aromatic carbocycles. The fraction of sp³-hybridized carbons (Fsp3) is 0.500. The van der Waals surface area contributed by atoms with Crippen molar-refractivity contribution >= 4 is 28.8 Å². The highest BCUT2D eigenvalue weighted by Crippen LogP contribution is 2.36. The standard InChI is InChI=1S/C20H23FN4O2S/c21-14-7-9-15(10-8-14)22-18(27)20-24-23-19(28-20)16-6-3-11-25(16)17(26)12-13-4-1-2-5-13/h7-10,13,16H,1-6,11-12H2,(H,22,27)/t16-/m1/s1. The first-order chi connectivity index (χ1) is 13.6. The van der Waals surface area contributed by atoms with Crippen LogP contribution in [0.25, 0.3) is 0 Å². The first-order valence-electron chi connectivity index (χ1n) is 9.80. The fourth-order valence-electron chi connectivity index (χ4n) is 4.08. The van der Waals surface area contributed by atoms with E-state index >= 15 is 0 Å². The van der Waals surface area contributed by atoms with Crippen molar-refractivity contribution in [2.24, 2.45) is 5.92 Å². The molecule has 8 heteroatoms. The molecule has 1 aromatic heterocycles. The molecule has 1 aliphatic carbocycles. The van der Waals surface area contributed by atoms with Crippen LogP contribution in [-0.2, 0) is 4.79 Å². The van der Waals surface area contributed by atoms with E-state index in [0.29, 0.717) is 23.0 Å². The molecule has 0 radical (unpaired) electrons. The van der Waals surface area contributed by atoms with Gasteiger partial charge in [-0.25, -0.2) is 4.39 Å². The normalized spacial score (nSPS) is 19.9.